The average Bonchev–Trinajstić information content (AvgIpc) is 4.16. The number of nitrogens with zero attached hydrogens (tertiary/aromatic N) is 14. The van der Waals surface area contributed by atoms with Crippen molar-refractivity contribution in [2.24, 2.45) is 0 Å². The third-order valence-electron chi connectivity index (χ3n) is 7.13. The van der Waals surface area contributed by atoms with E-state index in [0.29, 0.717) is 0 Å². The monoisotopic (exact) mass is 1100 g/mol. The molecule has 0 aliphatic carbocycles. The molecule has 2 aromatic carbocycles. The molecule has 22 nitrogen and oxygen atoms in total. The van der Waals surface area contributed by atoms with Gasteiger partial charge < -0.3 is 34.5 Å². The van der Waals surface area contributed by atoms with Crippen LogP contribution in [-0.2, 0) is 17.1 Å². The van der Waals surface area contributed by atoms with Gasteiger partial charge in [0, 0.05) is 69.3 Å². The van der Waals surface area contributed by atoms with Crippen LogP contribution in [0.1, 0.15) is 22.3 Å². The van der Waals surface area contributed by atoms with Crippen LogP contribution in [0.4, 0.5) is 34.5 Å². The van der Waals surface area contributed by atoms with Crippen LogP contribution in [0.2, 0.25) is 0 Å². The van der Waals surface area contributed by atoms with Gasteiger partial charge in [-0.1, -0.05) is 85.0 Å². The minimum absolute atomic E-state index is 0. The summed E-state index contributed by atoms with van der Waals surface area (Å²) in [6.45, 7) is 0. The maximum absolute atomic E-state index is 9.75. The van der Waals surface area contributed by atoms with Crippen LogP contribution in [0.15, 0.2) is 159 Å². The molecule has 0 bridgehead atoms. The molecule has 0 N–H and O–H groups in total. The average molecular weight is 1100 g/mol. The van der Waals surface area contributed by atoms with E-state index in [4.69, 9.17) is 40.5 Å². The van der Waals surface area contributed by atoms with Gasteiger partial charge in [-0.3, -0.25) is 40.5 Å². The summed E-state index contributed by atoms with van der Waals surface area (Å²) in [5, 5.41) is 52.3. The van der Waals surface area contributed by atoms with Crippen molar-refractivity contribution < 1.29 is 71.3 Å². The van der Waals surface area contributed by atoms with Crippen molar-refractivity contribution in [2.75, 3.05) is 28.2 Å². The van der Waals surface area contributed by atoms with Gasteiger partial charge in [-0.15, -0.1) is 0 Å². The first-order valence-electron chi connectivity index (χ1n) is 20.3. The number of hydrogen-bond acceptors (Lipinski definition) is 14. The summed E-state index contributed by atoms with van der Waals surface area (Å²) in [6, 6.07) is 35.9. The van der Waals surface area contributed by atoms with E-state index >= 15 is 0 Å². The number of hydrogen-bond donors (Lipinski definition) is 0. The van der Waals surface area contributed by atoms with Crippen LogP contribution in [0, 0.1) is 40.5 Å². The van der Waals surface area contributed by atoms with Gasteiger partial charge in [-0.05, 0) is 70.8 Å². The Hall–Kier alpha value is -9.25. The van der Waals surface area contributed by atoms with Gasteiger partial charge in [0.2, 0.25) is 0 Å². The zero-order chi connectivity index (χ0) is 55.7. The SMILES string of the molecule is C(=C\c1cc(-n2cccn2)nc(-n2cccn2)c1)/c1ccccc1.C(=C\c1cc(-n2cccn2)nc(-n2cccn2)c1)/c1ccccc1.C[N+](=O)[O-].C[N+](=O)[O-].C[N+](=O)[O-].C[N+](=O)[O-].F[B-](F)(F)F.F[B-](F)(F)F.[Fe+2]. The molecule has 0 fully saturated rings. The molecule has 0 atom stereocenters. The fourth-order valence-corrected chi connectivity index (χ4v) is 4.84. The molecule has 0 radical (unpaired) electrons. The maximum atomic E-state index is 9.75. The molecule has 0 unspecified atom stereocenters. The Bertz CT molecular complexity index is 2560. The Morgan fingerprint density at radius 1 is 0.387 bits per heavy atom. The van der Waals surface area contributed by atoms with E-state index in [1.165, 1.54) is 0 Å². The van der Waals surface area contributed by atoms with E-state index in [0.717, 1.165) is 73.7 Å². The van der Waals surface area contributed by atoms with Gasteiger partial charge in [-0.2, -0.15) is 20.4 Å². The Morgan fingerprint density at radius 3 is 0.747 bits per heavy atom. The number of benzene rings is 2. The van der Waals surface area contributed by atoms with Gasteiger partial charge >= 0.3 is 31.6 Å². The molecule has 75 heavy (non-hydrogen) atoms. The largest absolute Gasteiger partial charge is 2.00 e. The van der Waals surface area contributed by atoms with Crippen molar-refractivity contribution in [1.29, 1.82) is 0 Å². The molecule has 0 aliphatic rings. The predicted octanol–water partition coefficient (Wildman–Crippen LogP) is 9.42. The second kappa shape index (κ2) is 35.0. The summed E-state index contributed by atoms with van der Waals surface area (Å²) in [6.07, 6.45) is 22.7. The molecular formula is C42H42B2F8FeN14O8. The number of rotatable bonds is 8. The number of nitro groups is 4. The molecule has 33 heteroatoms. The van der Waals surface area contributed by atoms with Crippen LogP contribution in [0.3, 0.4) is 0 Å². The van der Waals surface area contributed by atoms with Gasteiger partial charge in [0.15, 0.2) is 51.5 Å². The number of aromatic nitrogens is 10. The summed E-state index contributed by atoms with van der Waals surface area (Å²) >= 11 is 0. The van der Waals surface area contributed by atoms with Crippen LogP contribution in [-0.4, -0.2) is 111 Å². The smallest absolute Gasteiger partial charge is 0.418 e. The van der Waals surface area contributed by atoms with Crippen molar-refractivity contribution >= 4 is 38.8 Å². The molecule has 0 aliphatic heterocycles. The quantitative estimate of drug-likeness (QED) is 0.0593. The van der Waals surface area contributed by atoms with E-state index in [2.05, 4.69) is 78.9 Å². The standard InChI is InChI=1S/2C19H15N5.4CH3NO2.2BF4.Fe/c2*1-2-6-16(7-3-1)8-9-17-14-18(23-12-4-10-20-23)22-19(15-17)24-13-5-11-21-24;4*1-2(3)4;2*2-1(3,4)5;/h2*1-15H;4*1H3;;;/q;;;;;;2*-1;+2/b2*9-8+;;;;;;;. The van der Waals surface area contributed by atoms with Gasteiger partial charge in [0.05, 0.1) is 0 Å². The zero-order valence-corrected chi connectivity index (χ0v) is 40.5. The summed E-state index contributed by atoms with van der Waals surface area (Å²) in [7, 11) is -8.44. The molecule has 0 spiro atoms. The van der Waals surface area contributed by atoms with Gasteiger partial charge in [0.25, 0.3) is 0 Å². The van der Waals surface area contributed by atoms with Crippen LogP contribution < -0.4 is 0 Å². The predicted molar refractivity (Wildman–Crippen MR) is 260 cm³/mol. The molecule has 6 heterocycles. The minimum atomic E-state index is -6.00. The third-order valence-corrected chi connectivity index (χ3v) is 7.13. The van der Waals surface area contributed by atoms with Crippen molar-refractivity contribution in [3.63, 3.8) is 0 Å². The first kappa shape index (κ1) is 65.7. The second-order valence-electron chi connectivity index (χ2n) is 13.3. The van der Waals surface area contributed by atoms with Crippen LogP contribution >= 0.6 is 0 Å². The fraction of sp³-hybridized carbons (Fsp3) is 0.0952. The van der Waals surface area contributed by atoms with Gasteiger partial charge in [-0.25, -0.2) is 28.7 Å². The van der Waals surface area contributed by atoms with E-state index in [-0.39, 0.29) is 17.1 Å². The Kier molecular flexibility index (Phi) is 30.7. The normalized spacial score (nSPS) is 10.1. The van der Waals surface area contributed by atoms with E-state index in [9.17, 15) is 34.5 Å². The summed E-state index contributed by atoms with van der Waals surface area (Å²) in [4.78, 5) is 42.5. The number of pyridine rings is 2. The Morgan fingerprint density at radius 2 is 0.573 bits per heavy atom. The van der Waals surface area contributed by atoms with Crippen molar-refractivity contribution in [2.45, 2.75) is 0 Å². The second-order valence-corrected chi connectivity index (χ2v) is 13.3. The minimum Gasteiger partial charge on any atom is -0.418 e. The van der Waals surface area contributed by atoms with E-state index in [1.807, 2.05) is 110 Å². The summed E-state index contributed by atoms with van der Waals surface area (Å²) < 4.78 is 85.0. The topological polar surface area (TPSA) is 270 Å². The van der Waals surface area contributed by atoms with Crippen LogP contribution in [0.25, 0.3) is 47.6 Å². The van der Waals surface area contributed by atoms with Crippen molar-refractivity contribution in [3.8, 4) is 23.3 Å². The Labute approximate surface area is 431 Å². The molecule has 0 amide bonds. The molecular weight excluding hydrogens is 1060 g/mol. The molecule has 398 valence electrons. The van der Waals surface area contributed by atoms with E-state index < -0.39 is 34.2 Å². The van der Waals surface area contributed by atoms with Crippen molar-refractivity contribution in [3.05, 3.63) is 221 Å². The first-order valence-corrected chi connectivity index (χ1v) is 20.3. The first-order chi connectivity index (χ1) is 34.7. The van der Waals surface area contributed by atoms with Crippen molar-refractivity contribution in [1.82, 2.24) is 49.1 Å². The third kappa shape index (κ3) is 35.5. The molecule has 0 saturated carbocycles. The van der Waals surface area contributed by atoms with Gasteiger partial charge in [0.1, 0.15) is 0 Å². The summed E-state index contributed by atoms with van der Waals surface area (Å²) in [5.41, 5.74) is 4.36. The Balaban J connectivity index is 0.000000993. The molecule has 0 saturated heterocycles. The van der Waals surface area contributed by atoms with Crippen LogP contribution in [0.5, 0.6) is 0 Å². The van der Waals surface area contributed by atoms with E-state index in [1.54, 1.807) is 43.5 Å². The molecule has 6 aromatic heterocycles. The fourth-order valence-electron chi connectivity index (χ4n) is 4.84. The maximum Gasteiger partial charge on any atom is 2.00 e. The summed E-state index contributed by atoms with van der Waals surface area (Å²) in [5.74, 6) is 3.00. The zero-order valence-electron chi connectivity index (χ0n) is 39.4. The molecule has 8 rings (SSSR count). The molecule has 8 aromatic rings. The number of halogens is 8.